The number of hydrogen-bond acceptors (Lipinski definition) is 5. The summed E-state index contributed by atoms with van der Waals surface area (Å²) in [5.74, 6) is -0.922. The third kappa shape index (κ3) is 4.05. The molecule has 2 aliphatic heterocycles. The van der Waals surface area contributed by atoms with Gasteiger partial charge < -0.3 is 19.5 Å². The van der Waals surface area contributed by atoms with E-state index in [4.69, 9.17) is 14.6 Å². The molecular weight excluding hydrogens is 288 g/mol. The summed E-state index contributed by atoms with van der Waals surface area (Å²) in [7, 11) is 1.58. The molecule has 0 bridgehead atoms. The molecule has 22 heavy (non-hydrogen) atoms. The summed E-state index contributed by atoms with van der Waals surface area (Å²) in [4.78, 5) is 28.9. The van der Waals surface area contributed by atoms with Crippen LogP contribution >= 0.6 is 0 Å². The van der Waals surface area contributed by atoms with Crippen LogP contribution < -0.4 is 0 Å². The Balaban J connectivity index is 2.21. The predicted molar refractivity (Wildman–Crippen MR) is 79.4 cm³/mol. The van der Waals surface area contributed by atoms with Gasteiger partial charge in [0.25, 0.3) is 5.91 Å². The van der Waals surface area contributed by atoms with E-state index in [2.05, 4.69) is 4.99 Å². The zero-order valence-corrected chi connectivity index (χ0v) is 12.3. The van der Waals surface area contributed by atoms with Gasteiger partial charge in [-0.3, -0.25) is 14.6 Å². The molecule has 0 unspecified atom stereocenters. The molecule has 7 nitrogen and oxygen atoms in total. The van der Waals surface area contributed by atoms with E-state index < -0.39 is 11.9 Å². The molecule has 0 aromatic carbocycles. The molecule has 1 amide bonds. The van der Waals surface area contributed by atoms with Gasteiger partial charge in [-0.25, -0.2) is 0 Å². The molecule has 0 aromatic heterocycles. The minimum absolute atomic E-state index is 0.368. The number of rotatable bonds is 6. The smallest absolute Gasteiger partial charge is 0.323 e. The Labute approximate surface area is 128 Å². The average molecular weight is 306 g/mol. The highest BCUT2D eigenvalue weighted by atomic mass is 16.5. The molecule has 2 rings (SSSR count). The molecule has 0 aromatic rings. The Morgan fingerprint density at radius 2 is 2.27 bits per heavy atom. The standard InChI is InChI=1S/C15H18N2O5/c1-21-7-8-22-11-4-5-16-13-3-2-6-17(10-14(18)19)15(20)12(13)9-11/h2,4,6,9H,3,5,7-8,10H2,1H3,(H,18,19). The fourth-order valence-corrected chi connectivity index (χ4v) is 2.10. The minimum atomic E-state index is -1.07. The summed E-state index contributed by atoms with van der Waals surface area (Å²) in [5.41, 5.74) is 1.00. The topological polar surface area (TPSA) is 88.4 Å². The Kier molecular flexibility index (Phi) is 5.48. The van der Waals surface area contributed by atoms with Crippen molar-refractivity contribution in [2.75, 3.05) is 33.4 Å². The van der Waals surface area contributed by atoms with Gasteiger partial charge in [-0.1, -0.05) is 6.08 Å². The molecular formula is C15H18N2O5. The molecule has 118 valence electrons. The number of carbonyl (C=O) groups excluding carboxylic acids is 1. The third-order valence-corrected chi connectivity index (χ3v) is 3.12. The van der Waals surface area contributed by atoms with Crippen molar-refractivity contribution in [1.29, 1.82) is 0 Å². The van der Waals surface area contributed by atoms with Crippen molar-refractivity contribution in [3.8, 4) is 0 Å². The molecule has 0 fully saturated rings. The summed E-state index contributed by atoms with van der Waals surface area (Å²) in [6, 6.07) is 0. The number of aliphatic carboxylic acids is 1. The maximum absolute atomic E-state index is 12.5. The van der Waals surface area contributed by atoms with Crippen LogP contribution in [-0.4, -0.2) is 61.0 Å². The Morgan fingerprint density at radius 3 is 3.00 bits per heavy atom. The van der Waals surface area contributed by atoms with Gasteiger partial charge >= 0.3 is 5.97 Å². The molecule has 0 aliphatic carbocycles. The summed E-state index contributed by atoms with van der Waals surface area (Å²) >= 11 is 0. The van der Waals surface area contributed by atoms with E-state index in [1.165, 1.54) is 6.20 Å². The monoisotopic (exact) mass is 306 g/mol. The van der Waals surface area contributed by atoms with Crippen molar-refractivity contribution in [2.24, 2.45) is 4.99 Å². The Bertz CT molecular complexity index is 574. The number of ether oxygens (including phenoxy) is 2. The van der Waals surface area contributed by atoms with E-state index in [0.717, 1.165) is 4.90 Å². The second kappa shape index (κ2) is 7.56. The van der Waals surface area contributed by atoms with Crippen LogP contribution in [0.1, 0.15) is 6.42 Å². The maximum atomic E-state index is 12.5. The van der Waals surface area contributed by atoms with Crippen molar-refractivity contribution in [1.82, 2.24) is 4.90 Å². The van der Waals surface area contributed by atoms with E-state index >= 15 is 0 Å². The van der Waals surface area contributed by atoms with Gasteiger partial charge in [0, 0.05) is 19.7 Å². The van der Waals surface area contributed by atoms with Crippen molar-refractivity contribution in [3.63, 3.8) is 0 Å². The molecule has 2 aliphatic rings. The first-order valence-corrected chi connectivity index (χ1v) is 6.88. The number of amides is 1. The third-order valence-electron chi connectivity index (χ3n) is 3.12. The van der Waals surface area contributed by atoms with Crippen LogP contribution in [0.3, 0.4) is 0 Å². The molecule has 7 heteroatoms. The number of hydrogen-bond donors (Lipinski definition) is 1. The highest BCUT2D eigenvalue weighted by molar-refractivity contribution is 6.23. The Morgan fingerprint density at radius 1 is 1.45 bits per heavy atom. The van der Waals surface area contributed by atoms with Crippen LogP contribution in [0.15, 0.2) is 40.8 Å². The summed E-state index contributed by atoms with van der Waals surface area (Å²) < 4.78 is 10.5. The highest BCUT2D eigenvalue weighted by Crippen LogP contribution is 2.19. The van der Waals surface area contributed by atoms with E-state index in [1.807, 2.05) is 0 Å². The van der Waals surface area contributed by atoms with Gasteiger partial charge in [-0.2, -0.15) is 0 Å². The first-order chi connectivity index (χ1) is 10.6. The number of aliphatic imine (C=N–C) groups is 1. The van der Waals surface area contributed by atoms with Crippen LogP contribution in [0.5, 0.6) is 0 Å². The molecule has 0 atom stereocenters. The summed E-state index contributed by atoms with van der Waals surface area (Å²) in [5, 5.41) is 8.89. The van der Waals surface area contributed by atoms with Crippen LogP contribution in [0, 0.1) is 0 Å². The number of allylic oxidation sites excluding steroid dienone is 2. The van der Waals surface area contributed by atoms with Crippen LogP contribution in [-0.2, 0) is 19.1 Å². The lowest BCUT2D eigenvalue weighted by Gasteiger charge is -2.16. The number of carbonyl (C=O) groups is 2. The van der Waals surface area contributed by atoms with Crippen LogP contribution in [0.25, 0.3) is 0 Å². The fraction of sp³-hybridized carbons (Fsp3) is 0.400. The molecule has 0 saturated carbocycles. The van der Waals surface area contributed by atoms with Gasteiger partial charge in [-0.15, -0.1) is 0 Å². The first kappa shape index (κ1) is 16.0. The van der Waals surface area contributed by atoms with Crippen molar-refractivity contribution in [2.45, 2.75) is 6.42 Å². The number of carboxylic acids is 1. The van der Waals surface area contributed by atoms with Crippen molar-refractivity contribution < 1.29 is 24.2 Å². The minimum Gasteiger partial charge on any atom is -0.491 e. The quantitative estimate of drug-likeness (QED) is 0.731. The molecule has 0 spiro atoms. The second-order valence-corrected chi connectivity index (χ2v) is 4.71. The zero-order chi connectivity index (χ0) is 15.9. The van der Waals surface area contributed by atoms with Gasteiger partial charge in [0.15, 0.2) is 0 Å². The highest BCUT2D eigenvalue weighted by Gasteiger charge is 2.26. The number of methoxy groups -OCH3 is 1. The number of carboxylic acid groups (broad SMARTS) is 1. The van der Waals surface area contributed by atoms with Crippen LogP contribution in [0.4, 0.5) is 0 Å². The number of nitrogens with zero attached hydrogens (tertiary/aromatic N) is 2. The summed E-state index contributed by atoms with van der Waals surface area (Å²) in [6.07, 6.45) is 7.10. The zero-order valence-electron chi connectivity index (χ0n) is 12.3. The van der Waals surface area contributed by atoms with E-state index in [-0.39, 0.29) is 6.54 Å². The lowest BCUT2D eigenvalue weighted by Crippen LogP contribution is -2.33. The Hall–Kier alpha value is -2.41. The second-order valence-electron chi connectivity index (χ2n) is 4.71. The van der Waals surface area contributed by atoms with Crippen molar-refractivity contribution in [3.05, 3.63) is 35.8 Å². The molecule has 1 N–H and O–H groups in total. The largest absolute Gasteiger partial charge is 0.491 e. The molecule has 0 saturated heterocycles. The SMILES string of the molecule is COCCOC1=CCN=C2CC=CN(CC(=O)O)C(=O)C2=C1. The lowest BCUT2D eigenvalue weighted by molar-refractivity contribution is -0.141. The van der Waals surface area contributed by atoms with E-state index in [1.54, 1.807) is 25.3 Å². The van der Waals surface area contributed by atoms with E-state index in [9.17, 15) is 9.59 Å². The average Bonchev–Trinajstić information content (AvgIpc) is 2.74. The maximum Gasteiger partial charge on any atom is 0.323 e. The van der Waals surface area contributed by atoms with E-state index in [0.29, 0.717) is 43.2 Å². The normalized spacial score (nSPS) is 17.8. The number of fused-ring (bicyclic) bond motifs is 1. The van der Waals surface area contributed by atoms with Crippen molar-refractivity contribution >= 4 is 17.6 Å². The molecule has 0 radical (unpaired) electrons. The first-order valence-electron chi connectivity index (χ1n) is 6.88. The predicted octanol–water partition coefficient (Wildman–Crippen LogP) is 0.745. The van der Waals surface area contributed by atoms with Gasteiger partial charge in [0.1, 0.15) is 18.9 Å². The summed E-state index contributed by atoms with van der Waals surface area (Å²) in [6.45, 7) is 0.836. The van der Waals surface area contributed by atoms with Crippen LogP contribution in [0.2, 0.25) is 0 Å². The fourth-order valence-electron chi connectivity index (χ4n) is 2.10. The van der Waals surface area contributed by atoms with Gasteiger partial charge in [0.2, 0.25) is 0 Å². The molecule has 2 heterocycles. The van der Waals surface area contributed by atoms with Gasteiger partial charge in [0.05, 0.1) is 24.4 Å². The lowest BCUT2D eigenvalue weighted by atomic mass is 10.1. The van der Waals surface area contributed by atoms with Gasteiger partial charge in [-0.05, 0) is 12.2 Å².